The maximum absolute atomic E-state index is 6.17. The number of hydrogen-bond donors (Lipinski definition) is 1. The van der Waals surface area contributed by atoms with Crippen molar-refractivity contribution in [2.24, 2.45) is 16.7 Å². The van der Waals surface area contributed by atoms with Crippen LogP contribution in [0.25, 0.3) is 0 Å². The maximum Gasteiger partial charge on any atom is 0.107 e. The van der Waals surface area contributed by atoms with E-state index in [1.54, 1.807) is 11.3 Å². The molecule has 1 aromatic heterocycles. The molecule has 4 aliphatic carbocycles. The van der Waals surface area contributed by atoms with E-state index in [0.29, 0.717) is 16.4 Å². The van der Waals surface area contributed by atoms with Crippen molar-refractivity contribution in [2.45, 2.75) is 64.5 Å². The minimum Gasteiger partial charge on any atom is -0.306 e. The van der Waals surface area contributed by atoms with Crippen molar-refractivity contribution in [3.8, 4) is 0 Å². The van der Waals surface area contributed by atoms with Crippen LogP contribution in [0.3, 0.4) is 0 Å². The van der Waals surface area contributed by atoms with Gasteiger partial charge < -0.3 is 5.32 Å². The molecule has 0 radical (unpaired) electrons. The predicted molar refractivity (Wildman–Crippen MR) is 94.0 cm³/mol. The summed E-state index contributed by atoms with van der Waals surface area (Å²) in [6.07, 6.45) is 8.48. The van der Waals surface area contributed by atoms with Crippen LogP contribution < -0.4 is 5.32 Å². The molecule has 4 aliphatic rings. The number of rotatable bonds is 3. The third kappa shape index (κ3) is 2.62. The molecule has 0 aliphatic heterocycles. The van der Waals surface area contributed by atoms with Crippen molar-refractivity contribution in [1.82, 2.24) is 5.32 Å². The lowest BCUT2D eigenvalue weighted by Gasteiger charge is -2.65. The zero-order valence-electron chi connectivity index (χ0n) is 12.8. The summed E-state index contributed by atoms with van der Waals surface area (Å²) < 4.78 is 1.91. The molecule has 1 nitrogen and oxygen atoms in total. The first-order chi connectivity index (χ1) is 9.79. The van der Waals surface area contributed by atoms with Gasteiger partial charge in [0.25, 0.3) is 0 Å². The smallest absolute Gasteiger partial charge is 0.107 e. The van der Waals surface area contributed by atoms with E-state index in [1.807, 2.05) is 0 Å². The van der Waals surface area contributed by atoms with Crippen LogP contribution in [0.2, 0.25) is 4.34 Å². The summed E-state index contributed by atoms with van der Waals surface area (Å²) in [7, 11) is 0. The second-order valence-electron chi connectivity index (χ2n) is 8.60. The van der Waals surface area contributed by atoms with Gasteiger partial charge in [-0.25, -0.2) is 0 Å². The Balaban J connectivity index is 1.54. The zero-order chi connectivity index (χ0) is 14.9. The van der Waals surface area contributed by atoms with Crippen molar-refractivity contribution in [3.63, 3.8) is 0 Å². The van der Waals surface area contributed by atoms with E-state index in [1.165, 1.54) is 43.4 Å². The molecule has 5 rings (SSSR count). The van der Waals surface area contributed by atoms with E-state index in [4.69, 9.17) is 11.6 Å². The number of thiophene rings is 1. The average Bonchev–Trinajstić information content (AvgIpc) is 2.62. The number of halogens is 2. The minimum atomic E-state index is 0.381. The van der Waals surface area contributed by atoms with Crippen LogP contribution in [-0.4, -0.2) is 5.54 Å². The highest BCUT2D eigenvalue weighted by atomic mass is 79.9. The summed E-state index contributed by atoms with van der Waals surface area (Å²) in [5.74, 6) is 0.947. The second-order valence-corrected chi connectivity index (χ2v) is 11.2. The van der Waals surface area contributed by atoms with Gasteiger partial charge in [-0.15, -0.1) is 11.3 Å². The van der Waals surface area contributed by atoms with Crippen molar-refractivity contribution in [3.05, 3.63) is 19.8 Å². The van der Waals surface area contributed by atoms with Gasteiger partial charge in [-0.1, -0.05) is 25.4 Å². The van der Waals surface area contributed by atoms with Gasteiger partial charge in [0, 0.05) is 21.4 Å². The van der Waals surface area contributed by atoms with Crippen LogP contribution in [0.15, 0.2) is 10.5 Å². The molecule has 4 bridgehead atoms. The minimum absolute atomic E-state index is 0.381. The molecule has 2 unspecified atom stereocenters. The Morgan fingerprint density at radius 3 is 2.43 bits per heavy atom. The van der Waals surface area contributed by atoms with Gasteiger partial charge in [0.1, 0.15) is 4.34 Å². The molecule has 0 spiro atoms. The van der Waals surface area contributed by atoms with E-state index < -0.39 is 0 Å². The predicted octanol–water partition coefficient (Wildman–Crippen LogP) is 6.00. The van der Waals surface area contributed by atoms with Crippen LogP contribution in [-0.2, 0) is 6.54 Å². The Kier molecular flexibility index (Phi) is 3.37. The Hall–Kier alpha value is 0.430. The second kappa shape index (κ2) is 4.72. The molecule has 2 atom stereocenters. The van der Waals surface area contributed by atoms with E-state index in [9.17, 15) is 0 Å². The summed E-state index contributed by atoms with van der Waals surface area (Å²) >= 11 is 11.4. The van der Waals surface area contributed by atoms with E-state index in [-0.39, 0.29) is 0 Å². The zero-order valence-corrected chi connectivity index (χ0v) is 15.9. The molecule has 0 aromatic carbocycles. The highest BCUT2D eigenvalue weighted by Crippen LogP contribution is 2.66. The van der Waals surface area contributed by atoms with Crippen LogP contribution >= 0.6 is 38.9 Å². The van der Waals surface area contributed by atoms with Gasteiger partial charge in [0.2, 0.25) is 0 Å². The number of hydrogen-bond acceptors (Lipinski definition) is 2. The Bertz CT molecular complexity index is 546. The van der Waals surface area contributed by atoms with Crippen molar-refractivity contribution in [1.29, 1.82) is 0 Å². The quantitative estimate of drug-likeness (QED) is 0.669. The summed E-state index contributed by atoms with van der Waals surface area (Å²) in [4.78, 5) is 1.35. The summed E-state index contributed by atoms with van der Waals surface area (Å²) in [6.45, 7) is 6.03. The number of nitrogens with one attached hydrogen (secondary N) is 1. The van der Waals surface area contributed by atoms with Crippen molar-refractivity contribution in [2.75, 3.05) is 0 Å². The molecule has 4 saturated carbocycles. The van der Waals surface area contributed by atoms with Crippen molar-refractivity contribution < 1.29 is 0 Å². The molecule has 4 fully saturated rings. The van der Waals surface area contributed by atoms with Crippen LogP contribution in [0, 0.1) is 16.7 Å². The third-order valence-electron chi connectivity index (χ3n) is 5.96. The van der Waals surface area contributed by atoms with Crippen LogP contribution in [0.4, 0.5) is 0 Å². The summed E-state index contributed by atoms with van der Waals surface area (Å²) in [5, 5.41) is 3.97. The fourth-order valence-corrected chi connectivity index (χ4v) is 8.13. The molecule has 0 amide bonds. The lowest BCUT2D eigenvalue weighted by molar-refractivity contribution is -0.118. The van der Waals surface area contributed by atoms with Gasteiger partial charge in [-0.2, -0.15) is 0 Å². The highest BCUT2D eigenvalue weighted by Gasteiger charge is 2.59. The summed E-state index contributed by atoms with van der Waals surface area (Å²) in [6, 6.07) is 2.17. The molecular weight excluding hydrogens is 366 g/mol. The van der Waals surface area contributed by atoms with Crippen molar-refractivity contribution >= 4 is 38.9 Å². The Morgan fingerprint density at radius 2 is 1.90 bits per heavy atom. The molecule has 1 aromatic rings. The van der Waals surface area contributed by atoms with Gasteiger partial charge >= 0.3 is 0 Å². The average molecular weight is 389 g/mol. The first-order valence-electron chi connectivity index (χ1n) is 7.98. The molecular formula is C17H23BrClNS. The van der Waals surface area contributed by atoms with Gasteiger partial charge in [0.05, 0.1) is 0 Å². The van der Waals surface area contributed by atoms with E-state index >= 15 is 0 Å². The first kappa shape index (κ1) is 15.0. The Labute approximate surface area is 145 Å². The molecule has 4 heteroatoms. The SMILES string of the molecule is CC12CC3CC(C)(C1)CC(NCc1cc(Br)c(Cl)s1)(C3)C2. The standard InChI is InChI=1S/C17H23BrClNS/c1-15-4-11-5-16(2,8-15)10-17(6-11,9-15)20-7-12-3-13(18)14(19)21-12/h3,11,20H,4-10H2,1-2H3. The van der Waals surface area contributed by atoms with E-state index in [2.05, 4.69) is 41.2 Å². The van der Waals surface area contributed by atoms with Gasteiger partial charge in [0.15, 0.2) is 0 Å². The Morgan fingerprint density at radius 1 is 1.24 bits per heavy atom. The monoisotopic (exact) mass is 387 g/mol. The lowest BCUT2D eigenvalue weighted by Crippen LogP contribution is -2.63. The van der Waals surface area contributed by atoms with Crippen LogP contribution in [0.1, 0.15) is 57.2 Å². The van der Waals surface area contributed by atoms with E-state index in [0.717, 1.165) is 21.3 Å². The lowest BCUT2D eigenvalue weighted by atomic mass is 9.43. The fourth-order valence-electron chi connectivity index (χ4n) is 6.40. The molecule has 116 valence electrons. The van der Waals surface area contributed by atoms with Gasteiger partial charge in [-0.3, -0.25) is 0 Å². The molecule has 0 saturated heterocycles. The van der Waals surface area contributed by atoms with Crippen LogP contribution in [0.5, 0.6) is 0 Å². The largest absolute Gasteiger partial charge is 0.306 e. The topological polar surface area (TPSA) is 12.0 Å². The maximum atomic E-state index is 6.17. The molecule has 21 heavy (non-hydrogen) atoms. The molecule has 1 N–H and O–H groups in total. The molecule has 1 heterocycles. The van der Waals surface area contributed by atoms with Gasteiger partial charge in [-0.05, 0) is 77.3 Å². The third-order valence-corrected chi connectivity index (χ3v) is 8.43. The first-order valence-corrected chi connectivity index (χ1v) is 9.96. The fraction of sp³-hybridized carbons (Fsp3) is 0.765. The normalized spacial score (nSPS) is 44.5. The highest BCUT2D eigenvalue weighted by molar-refractivity contribution is 9.10. The summed E-state index contributed by atoms with van der Waals surface area (Å²) in [5.41, 5.74) is 1.54.